The highest BCUT2D eigenvalue weighted by atomic mass is 33.1. The van der Waals surface area contributed by atoms with Crippen LogP contribution in [0.5, 0.6) is 11.5 Å². The molecule has 21 nitrogen and oxygen atoms in total. The van der Waals surface area contributed by atoms with E-state index in [4.69, 9.17) is 28.0 Å². The summed E-state index contributed by atoms with van der Waals surface area (Å²) in [5.41, 5.74) is 2.92. The summed E-state index contributed by atoms with van der Waals surface area (Å²) in [5, 5.41) is 16.7. The van der Waals surface area contributed by atoms with Crippen molar-refractivity contribution in [1.82, 2.24) is 25.0 Å². The lowest BCUT2D eigenvalue weighted by molar-refractivity contribution is -0.904. The van der Waals surface area contributed by atoms with Gasteiger partial charge in [0.1, 0.15) is 53.5 Å². The molecule has 112 heavy (non-hydrogen) atoms. The van der Waals surface area contributed by atoms with Crippen LogP contribution in [0, 0.1) is 0 Å². The fraction of sp³-hybridized carbons (Fsp3) is 0.453. The van der Waals surface area contributed by atoms with Gasteiger partial charge in [-0.1, -0.05) is 237 Å². The zero-order valence-corrected chi connectivity index (χ0v) is 69.2. The molecule has 3 N–H and O–H groups in total. The van der Waals surface area contributed by atoms with Crippen LogP contribution < -0.4 is 15.4 Å². The van der Waals surface area contributed by atoms with Crippen LogP contribution in [-0.4, -0.2) is 111 Å². The summed E-state index contributed by atoms with van der Waals surface area (Å²) in [6.07, 6.45) is 34.9. The van der Waals surface area contributed by atoms with Crippen LogP contribution >= 0.6 is 51.0 Å². The molecule has 5 heterocycles. The molecule has 598 valence electrons. The van der Waals surface area contributed by atoms with E-state index < -0.39 is 44.0 Å². The van der Waals surface area contributed by atoms with E-state index in [-0.39, 0.29) is 66.0 Å². The lowest BCUT2D eigenvalue weighted by atomic mass is 9.77. The molecule has 1 spiro atoms. The molecule has 0 fully saturated rings. The highest BCUT2D eigenvalue weighted by molar-refractivity contribution is 8.77. The van der Waals surface area contributed by atoms with Crippen LogP contribution in [0.2, 0.25) is 0 Å². The Hall–Kier alpha value is -7.84. The molecule has 2 amide bonds. The Balaban J connectivity index is 0.767. The van der Waals surface area contributed by atoms with Crippen molar-refractivity contribution in [2.75, 3.05) is 51.1 Å². The van der Waals surface area contributed by atoms with Gasteiger partial charge in [-0.05, 0) is 119 Å². The molecule has 26 heteroatoms. The molecule has 2 unspecified atom stereocenters. The number of unbranched alkanes of at least 4 members (excludes halogenated alkanes) is 24. The second-order valence-electron chi connectivity index (χ2n) is 29.2. The molecule has 5 aromatic carbocycles. The van der Waals surface area contributed by atoms with Gasteiger partial charge < -0.3 is 39.0 Å². The number of phosphoric ester groups is 1. The normalized spacial score (nSPS) is 13.5. The first-order valence-corrected chi connectivity index (χ1v) is 45.7. The van der Waals surface area contributed by atoms with Crippen LogP contribution in [0.25, 0.3) is 5.69 Å². The second-order valence-corrected chi connectivity index (χ2v) is 35.1. The summed E-state index contributed by atoms with van der Waals surface area (Å²) < 4.78 is 51.0. The number of anilines is 2. The standard InChI is InChI=1S/C86H107N8O13PS4/c1-5-7-9-11-13-15-17-19-21-23-25-27-29-45-81(95)102-62-68(105-82(96)46-30-28-26-24-22-20-18-16-14-12-10-8-6-2)63-104-108(100,101)103-56-55-94(3,4)61-66-60-93(92-91-66)67-49-52-72-71(59-67)85(99)107-86(72)73-50-47-64(89-83(97)69-39-31-33-41-77(69)109-111-79-43-35-37-53-87-79)57-75(73)106-76-58-65(48-51-74(76)86)90-84(98)70-40-32-34-42-78(70)110-112-80-44-36-38-54-88-80/h31-44,47-54,57-60,68H,5-30,45-46,55-56,61-63H2,1-4H3,(H2-,89,90,97,98,100,101)/p+1. The molecule has 8 aromatic rings. The minimum absolute atomic E-state index is 0.162. The van der Waals surface area contributed by atoms with Crippen molar-refractivity contribution in [1.29, 1.82) is 0 Å². The Labute approximate surface area is 675 Å². The Bertz CT molecular complexity index is 4230. The van der Waals surface area contributed by atoms with Gasteiger partial charge in [-0.15, -0.1) is 5.10 Å². The molecule has 0 saturated heterocycles. The van der Waals surface area contributed by atoms with Gasteiger partial charge in [0, 0.05) is 75.2 Å². The highest BCUT2D eigenvalue weighted by Crippen LogP contribution is 2.57. The number of ether oxygens (including phenoxy) is 4. The highest BCUT2D eigenvalue weighted by Gasteiger charge is 2.54. The van der Waals surface area contributed by atoms with Crippen molar-refractivity contribution in [3.05, 3.63) is 197 Å². The third kappa shape index (κ3) is 26.9. The third-order valence-corrected chi connectivity index (χ3v) is 25.4. The molecule has 10 rings (SSSR count). The van der Waals surface area contributed by atoms with E-state index in [2.05, 4.69) is 44.8 Å². The van der Waals surface area contributed by atoms with Crippen molar-refractivity contribution in [2.45, 2.75) is 232 Å². The van der Waals surface area contributed by atoms with Crippen molar-refractivity contribution < 1.29 is 65.9 Å². The molecule has 2 aliphatic heterocycles. The lowest BCUT2D eigenvalue weighted by Crippen LogP contribution is -2.41. The molecule has 0 bridgehead atoms. The molecule has 2 aliphatic rings. The number of carbonyl (C=O) groups is 5. The lowest BCUT2D eigenvalue weighted by Gasteiger charge is -2.37. The van der Waals surface area contributed by atoms with E-state index in [0.29, 0.717) is 70.0 Å². The number of benzene rings is 5. The van der Waals surface area contributed by atoms with Crippen molar-refractivity contribution in [2.24, 2.45) is 0 Å². The quantitative estimate of drug-likeness (QED) is 0.00799. The first-order valence-electron chi connectivity index (χ1n) is 39.9. The van der Waals surface area contributed by atoms with E-state index in [1.54, 1.807) is 90.0 Å². The van der Waals surface area contributed by atoms with Gasteiger partial charge in [0.05, 0.1) is 49.3 Å². The first kappa shape index (κ1) is 86.6. The maximum atomic E-state index is 14.6. The summed E-state index contributed by atoms with van der Waals surface area (Å²) in [6.45, 7) is 3.96. The van der Waals surface area contributed by atoms with Crippen molar-refractivity contribution in [3.63, 3.8) is 0 Å². The maximum absolute atomic E-state index is 14.6. The molecular formula is C86H108N8O13PS4+. The van der Waals surface area contributed by atoms with Crippen LogP contribution in [0.4, 0.5) is 11.4 Å². The number of pyridine rings is 2. The number of likely N-dealkylation sites (N-methyl/N-ethyl adjacent to an activating group) is 1. The fourth-order valence-electron chi connectivity index (χ4n) is 13.7. The van der Waals surface area contributed by atoms with E-state index in [0.717, 1.165) is 58.4 Å². The van der Waals surface area contributed by atoms with E-state index in [9.17, 15) is 33.4 Å². The molecule has 3 aromatic heterocycles. The predicted molar refractivity (Wildman–Crippen MR) is 444 cm³/mol. The van der Waals surface area contributed by atoms with E-state index in [1.165, 1.54) is 159 Å². The second kappa shape index (κ2) is 45.3. The van der Waals surface area contributed by atoms with E-state index in [1.807, 2.05) is 86.9 Å². The summed E-state index contributed by atoms with van der Waals surface area (Å²) in [7, 11) is 4.81. The van der Waals surface area contributed by atoms with Crippen LogP contribution in [-0.2, 0) is 49.6 Å². The summed E-state index contributed by atoms with van der Waals surface area (Å²) in [4.78, 5) is 90.5. The molecule has 0 saturated carbocycles. The summed E-state index contributed by atoms with van der Waals surface area (Å²) in [6, 6.07) is 41.6. The number of aromatic nitrogens is 5. The number of hydrogen-bond donors (Lipinski definition) is 3. The number of nitrogens with one attached hydrogen (secondary N) is 2. The zero-order chi connectivity index (χ0) is 78.8. The van der Waals surface area contributed by atoms with Gasteiger partial charge in [-0.3, -0.25) is 28.2 Å². The van der Waals surface area contributed by atoms with Gasteiger partial charge in [-0.2, -0.15) is 0 Å². The number of nitrogens with zero attached hydrogens (tertiary/aromatic N) is 6. The van der Waals surface area contributed by atoms with Crippen molar-refractivity contribution in [3.8, 4) is 17.2 Å². The largest absolute Gasteiger partial charge is 0.472 e. The monoisotopic (exact) mass is 1620 g/mol. The van der Waals surface area contributed by atoms with Crippen LogP contribution in [0.15, 0.2) is 178 Å². The van der Waals surface area contributed by atoms with Crippen LogP contribution in [0.3, 0.4) is 0 Å². The Morgan fingerprint density at radius 2 is 1.03 bits per heavy atom. The average Bonchev–Trinajstić information content (AvgIpc) is 1.50. The Morgan fingerprint density at radius 3 is 1.53 bits per heavy atom. The fourth-order valence-corrected chi connectivity index (χ4v) is 18.5. The average molecular weight is 1620 g/mol. The number of hydrogen-bond acceptors (Lipinski definition) is 20. The number of fused-ring (bicyclic) bond motifs is 6. The predicted octanol–water partition coefficient (Wildman–Crippen LogP) is 21.9. The number of carbonyl (C=O) groups excluding carboxylic acids is 5. The zero-order valence-electron chi connectivity index (χ0n) is 65.0. The number of amides is 2. The van der Waals surface area contributed by atoms with Gasteiger partial charge in [0.15, 0.2) is 11.7 Å². The molecule has 2 atom stereocenters. The number of rotatable bonds is 51. The molecule has 0 radical (unpaired) electrons. The van der Waals surface area contributed by atoms with E-state index >= 15 is 0 Å². The topological polar surface area (TPSA) is 259 Å². The Morgan fingerprint density at radius 1 is 0.554 bits per heavy atom. The number of esters is 3. The first-order chi connectivity index (χ1) is 54.5. The number of phosphoric acid groups is 1. The summed E-state index contributed by atoms with van der Waals surface area (Å²) >= 11 is 0. The Kier molecular flexibility index (Phi) is 35.0. The third-order valence-electron chi connectivity index (χ3n) is 19.7. The van der Waals surface area contributed by atoms with Crippen LogP contribution in [0.1, 0.15) is 247 Å². The van der Waals surface area contributed by atoms with Gasteiger partial charge >= 0.3 is 25.7 Å². The minimum atomic E-state index is -4.71. The molecular weight excluding hydrogens is 1510 g/mol. The SMILES string of the molecule is CCCCCCCCCCCCCCCC(=O)OCC(COP(=O)(O)OCC[N+](C)(C)Cc1cn(-c2ccc3c(c2)C(=O)OC32c3ccc(NC(=O)c4ccccc4SSc4ccccn4)cc3Oc3cc(NC(=O)c4ccccc4SSc4ccccn4)ccc32)nn1)OC(=O)CCCCCCCCCCCCCCC. The smallest absolute Gasteiger partial charge is 0.462 e. The van der Waals surface area contributed by atoms with Gasteiger partial charge in [0.25, 0.3) is 11.8 Å². The number of quaternary nitrogens is 1. The summed E-state index contributed by atoms with van der Waals surface area (Å²) in [5.74, 6) is -1.71. The van der Waals surface area contributed by atoms with Crippen molar-refractivity contribution >= 4 is 92.1 Å². The van der Waals surface area contributed by atoms with Gasteiger partial charge in [0.2, 0.25) is 0 Å². The maximum Gasteiger partial charge on any atom is 0.472 e. The molecule has 0 aliphatic carbocycles. The minimum Gasteiger partial charge on any atom is -0.462 e. The van der Waals surface area contributed by atoms with Gasteiger partial charge in [-0.25, -0.2) is 24.0 Å².